The molecule has 1 rings (SSSR count). The molecule has 1 aromatic rings. The number of likely N-dealkylation sites (N-methyl/N-ethyl adjacent to an activating group) is 1. The van der Waals surface area contributed by atoms with Crippen LogP contribution in [0.25, 0.3) is 0 Å². The number of ether oxygens (including phenoxy) is 1. The molecule has 0 saturated heterocycles. The van der Waals surface area contributed by atoms with Crippen molar-refractivity contribution in [2.75, 3.05) is 40.4 Å². The Bertz CT molecular complexity index is 328. The first-order chi connectivity index (χ1) is 8.77. The topological polar surface area (TPSA) is 24.5 Å². The Hall–Kier alpha value is -0.900. The van der Waals surface area contributed by atoms with E-state index in [0.717, 1.165) is 39.2 Å². The van der Waals surface area contributed by atoms with Crippen LogP contribution in [0.2, 0.25) is 0 Å². The number of benzene rings is 1. The third-order valence-electron chi connectivity index (χ3n) is 3.16. The van der Waals surface area contributed by atoms with E-state index >= 15 is 0 Å². The van der Waals surface area contributed by atoms with Crippen LogP contribution in [-0.2, 0) is 17.7 Å². The molecular weight excluding hydrogens is 224 g/mol. The number of nitrogens with zero attached hydrogens (tertiary/aromatic N) is 1. The van der Waals surface area contributed by atoms with Crippen molar-refractivity contribution in [2.24, 2.45) is 0 Å². The van der Waals surface area contributed by atoms with Crippen LogP contribution in [0.5, 0.6) is 0 Å². The SMILES string of the molecule is CCc1ccccc1CNCCN(C)CCOC. The van der Waals surface area contributed by atoms with Gasteiger partial charge < -0.3 is 15.0 Å². The van der Waals surface area contributed by atoms with Gasteiger partial charge in [-0.3, -0.25) is 0 Å². The van der Waals surface area contributed by atoms with Gasteiger partial charge in [0.25, 0.3) is 0 Å². The third kappa shape index (κ3) is 5.63. The van der Waals surface area contributed by atoms with Gasteiger partial charge in [0.2, 0.25) is 0 Å². The Labute approximate surface area is 111 Å². The Morgan fingerprint density at radius 2 is 1.89 bits per heavy atom. The highest BCUT2D eigenvalue weighted by atomic mass is 16.5. The maximum Gasteiger partial charge on any atom is 0.0589 e. The highest BCUT2D eigenvalue weighted by molar-refractivity contribution is 5.26. The van der Waals surface area contributed by atoms with Crippen molar-refractivity contribution in [2.45, 2.75) is 19.9 Å². The molecule has 0 spiro atoms. The van der Waals surface area contributed by atoms with Gasteiger partial charge in [0.1, 0.15) is 0 Å². The quantitative estimate of drug-likeness (QED) is 0.678. The molecule has 0 aliphatic carbocycles. The molecule has 1 N–H and O–H groups in total. The highest BCUT2D eigenvalue weighted by Gasteiger charge is 2.00. The minimum absolute atomic E-state index is 0.801. The van der Waals surface area contributed by atoms with Gasteiger partial charge in [-0.05, 0) is 24.6 Å². The van der Waals surface area contributed by atoms with Crippen molar-refractivity contribution in [1.29, 1.82) is 0 Å². The number of hydrogen-bond acceptors (Lipinski definition) is 3. The van der Waals surface area contributed by atoms with E-state index in [1.807, 2.05) is 0 Å². The summed E-state index contributed by atoms with van der Waals surface area (Å²) in [4.78, 5) is 2.28. The van der Waals surface area contributed by atoms with E-state index in [9.17, 15) is 0 Å². The second kappa shape index (κ2) is 9.09. The summed E-state index contributed by atoms with van der Waals surface area (Å²) >= 11 is 0. The summed E-state index contributed by atoms with van der Waals surface area (Å²) in [5.41, 5.74) is 2.86. The van der Waals surface area contributed by atoms with E-state index in [0.29, 0.717) is 0 Å². The molecule has 0 saturated carbocycles. The fraction of sp³-hybridized carbons (Fsp3) is 0.600. The van der Waals surface area contributed by atoms with E-state index in [1.165, 1.54) is 11.1 Å². The van der Waals surface area contributed by atoms with Crippen LogP contribution in [-0.4, -0.2) is 45.3 Å². The van der Waals surface area contributed by atoms with Crippen LogP contribution in [0.4, 0.5) is 0 Å². The van der Waals surface area contributed by atoms with Gasteiger partial charge in [0.05, 0.1) is 6.61 Å². The summed E-state index contributed by atoms with van der Waals surface area (Å²) in [6.45, 7) is 7.02. The van der Waals surface area contributed by atoms with E-state index < -0.39 is 0 Å². The second-order valence-corrected chi connectivity index (χ2v) is 4.60. The molecular formula is C15H26N2O. The van der Waals surface area contributed by atoms with Gasteiger partial charge in [-0.15, -0.1) is 0 Å². The molecule has 0 atom stereocenters. The number of hydrogen-bond donors (Lipinski definition) is 1. The average molecular weight is 250 g/mol. The minimum atomic E-state index is 0.801. The van der Waals surface area contributed by atoms with Crippen LogP contribution in [0.3, 0.4) is 0 Å². The van der Waals surface area contributed by atoms with Crippen molar-refractivity contribution < 1.29 is 4.74 Å². The highest BCUT2D eigenvalue weighted by Crippen LogP contribution is 2.08. The van der Waals surface area contributed by atoms with Crippen molar-refractivity contribution in [1.82, 2.24) is 10.2 Å². The molecule has 0 unspecified atom stereocenters. The molecule has 3 heteroatoms. The van der Waals surface area contributed by atoms with E-state index in [4.69, 9.17) is 4.74 Å². The van der Waals surface area contributed by atoms with Gasteiger partial charge in [0, 0.05) is 33.3 Å². The summed E-state index contributed by atoms with van der Waals surface area (Å²) < 4.78 is 5.06. The van der Waals surface area contributed by atoms with Crippen LogP contribution in [0.15, 0.2) is 24.3 Å². The lowest BCUT2D eigenvalue weighted by Crippen LogP contribution is -2.31. The monoisotopic (exact) mass is 250 g/mol. The largest absolute Gasteiger partial charge is 0.383 e. The Morgan fingerprint density at radius 1 is 1.17 bits per heavy atom. The van der Waals surface area contributed by atoms with E-state index in [1.54, 1.807) is 7.11 Å². The molecule has 0 radical (unpaired) electrons. The molecule has 0 bridgehead atoms. The second-order valence-electron chi connectivity index (χ2n) is 4.60. The van der Waals surface area contributed by atoms with Gasteiger partial charge in [-0.1, -0.05) is 31.2 Å². The molecule has 0 aliphatic heterocycles. The van der Waals surface area contributed by atoms with Crippen molar-refractivity contribution in [3.63, 3.8) is 0 Å². The smallest absolute Gasteiger partial charge is 0.0589 e. The van der Waals surface area contributed by atoms with Crippen LogP contribution in [0.1, 0.15) is 18.1 Å². The van der Waals surface area contributed by atoms with Crippen LogP contribution >= 0.6 is 0 Å². The third-order valence-corrected chi connectivity index (χ3v) is 3.16. The molecule has 0 heterocycles. The predicted octanol–water partition coefficient (Wildman–Crippen LogP) is 1.92. The summed E-state index contributed by atoms with van der Waals surface area (Å²) in [5, 5.41) is 3.50. The summed E-state index contributed by atoms with van der Waals surface area (Å²) in [5.74, 6) is 0. The maximum absolute atomic E-state index is 5.06. The first kappa shape index (κ1) is 15.2. The Kier molecular flexibility index (Phi) is 7.65. The van der Waals surface area contributed by atoms with Gasteiger partial charge in [-0.25, -0.2) is 0 Å². The molecule has 0 aromatic heterocycles. The first-order valence-corrected chi connectivity index (χ1v) is 6.73. The van der Waals surface area contributed by atoms with Gasteiger partial charge >= 0.3 is 0 Å². The van der Waals surface area contributed by atoms with Crippen molar-refractivity contribution >= 4 is 0 Å². The van der Waals surface area contributed by atoms with Crippen LogP contribution in [0, 0.1) is 0 Å². The van der Waals surface area contributed by atoms with Crippen molar-refractivity contribution in [3.8, 4) is 0 Å². The van der Waals surface area contributed by atoms with E-state index in [2.05, 4.69) is 48.5 Å². The molecule has 0 aliphatic rings. The predicted molar refractivity (Wildman–Crippen MR) is 76.9 cm³/mol. The van der Waals surface area contributed by atoms with Crippen molar-refractivity contribution in [3.05, 3.63) is 35.4 Å². The summed E-state index contributed by atoms with van der Waals surface area (Å²) in [6.07, 6.45) is 1.10. The zero-order chi connectivity index (χ0) is 13.2. The number of rotatable bonds is 9. The number of nitrogens with one attached hydrogen (secondary N) is 1. The molecule has 0 fully saturated rings. The number of aryl methyl sites for hydroxylation is 1. The van der Waals surface area contributed by atoms with E-state index in [-0.39, 0.29) is 0 Å². The molecule has 18 heavy (non-hydrogen) atoms. The molecule has 102 valence electrons. The summed E-state index contributed by atoms with van der Waals surface area (Å²) in [6, 6.07) is 8.64. The number of methoxy groups -OCH3 is 1. The standard InChI is InChI=1S/C15H26N2O/c1-4-14-7-5-6-8-15(14)13-16-9-10-17(2)11-12-18-3/h5-8,16H,4,9-13H2,1-3H3. The van der Waals surface area contributed by atoms with Crippen LogP contribution < -0.4 is 5.32 Å². The zero-order valence-electron chi connectivity index (χ0n) is 11.9. The fourth-order valence-electron chi connectivity index (χ4n) is 1.93. The normalized spacial score (nSPS) is 11.1. The molecule has 1 aromatic carbocycles. The zero-order valence-corrected chi connectivity index (χ0v) is 11.9. The van der Waals surface area contributed by atoms with Gasteiger partial charge in [0.15, 0.2) is 0 Å². The maximum atomic E-state index is 5.06. The fourth-order valence-corrected chi connectivity index (χ4v) is 1.93. The molecule has 3 nitrogen and oxygen atoms in total. The molecule has 0 amide bonds. The average Bonchev–Trinajstić information content (AvgIpc) is 2.41. The Morgan fingerprint density at radius 3 is 2.56 bits per heavy atom. The lowest BCUT2D eigenvalue weighted by atomic mass is 10.1. The van der Waals surface area contributed by atoms with Gasteiger partial charge in [-0.2, -0.15) is 0 Å². The minimum Gasteiger partial charge on any atom is -0.383 e. The summed E-state index contributed by atoms with van der Waals surface area (Å²) in [7, 11) is 3.87. The Balaban J connectivity index is 2.21. The lowest BCUT2D eigenvalue weighted by Gasteiger charge is -2.16. The first-order valence-electron chi connectivity index (χ1n) is 6.73. The lowest BCUT2D eigenvalue weighted by molar-refractivity contribution is 0.161.